The van der Waals surface area contributed by atoms with Gasteiger partial charge < -0.3 is 5.32 Å². The maximum absolute atomic E-state index is 11.1. The smallest absolute Gasteiger partial charge is 0.253 e. The Morgan fingerprint density at radius 3 is 2.71 bits per heavy atom. The van der Waals surface area contributed by atoms with Crippen LogP contribution in [0.2, 0.25) is 5.15 Å². The van der Waals surface area contributed by atoms with Crippen LogP contribution in [0.15, 0.2) is 10.9 Å². The van der Waals surface area contributed by atoms with Crippen LogP contribution < -0.4 is 10.9 Å². The first-order chi connectivity index (χ1) is 8.22. The molecule has 0 aliphatic rings. The first kappa shape index (κ1) is 14.0. The number of nitrogens with zero attached hydrogens (tertiary/aromatic N) is 1. The van der Waals surface area contributed by atoms with Crippen LogP contribution in [0.1, 0.15) is 45.4 Å². The van der Waals surface area contributed by atoms with Gasteiger partial charge in [-0.25, -0.2) is 4.98 Å². The van der Waals surface area contributed by atoms with E-state index in [1.165, 1.54) is 38.2 Å². The molecule has 0 aliphatic heterocycles. The summed E-state index contributed by atoms with van der Waals surface area (Å²) in [5.74, 6) is 0.455. The molecule has 0 aromatic carbocycles. The Bertz CT molecular complexity index is 378. The summed E-state index contributed by atoms with van der Waals surface area (Å²) in [6.07, 6.45) is 7.46. The molecule has 0 fully saturated rings. The van der Waals surface area contributed by atoms with E-state index in [1.54, 1.807) is 0 Å². The lowest BCUT2D eigenvalue weighted by molar-refractivity contribution is 0.616. The highest BCUT2D eigenvalue weighted by atomic mass is 35.5. The summed E-state index contributed by atoms with van der Waals surface area (Å²) in [4.78, 5) is 17.7. The fourth-order valence-electron chi connectivity index (χ4n) is 1.62. The Morgan fingerprint density at radius 1 is 1.29 bits per heavy atom. The minimum absolute atomic E-state index is 0.221. The van der Waals surface area contributed by atoms with Gasteiger partial charge in [0.1, 0.15) is 5.15 Å². The van der Waals surface area contributed by atoms with Crippen molar-refractivity contribution >= 4 is 17.5 Å². The van der Waals surface area contributed by atoms with Crippen molar-refractivity contribution in [2.24, 2.45) is 0 Å². The van der Waals surface area contributed by atoms with Gasteiger partial charge in [-0.1, -0.05) is 50.6 Å². The number of unbranched alkanes of at least 4 members (excludes halogenated alkanes) is 5. The summed E-state index contributed by atoms with van der Waals surface area (Å²) in [6, 6.07) is 1.26. The van der Waals surface area contributed by atoms with Crippen LogP contribution in [0.3, 0.4) is 0 Å². The molecule has 0 spiro atoms. The Morgan fingerprint density at radius 2 is 2.00 bits per heavy atom. The number of aromatic amines is 1. The van der Waals surface area contributed by atoms with Gasteiger partial charge in [-0.3, -0.25) is 9.78 Å². The van der Waals surface area contributed by atoms with E-state index >= 15 is 0 Å². The lowest BCUT2D eigenvalue weighted by Crippen LogP contribution is -2.12. The summed E-state index contributed by atoms with van der Waals surface area (Å²) in [5, 5.41) is 3.29. The first-order valence-electron chi connectivity index (χ1n) is 6.23. The van der Waals surface area contributed by atoms with Crippen molar-refractivity contribution in [1.82, 2.24) is 9.97 Å². The van der Waals surface area contributed by atoms with Gasteiger partial charge >= 0.3 is 0 Å². The van der Waals surface area contributed by atoms with Crippen LogP contribution in [0.4, 0.5) is 5.95 Å². The molecule has 4 nitrogen and oxygen atoms in total. The molecule has 0 bridgehead atoms. The van der Waals surface area contributed by atoms with Crippen LogP contribution in [0.25, 0.3) is 0 Å². The van der Waals surface area contributed by atoms with E-state index in [4.69, 9.17) is 11.6 Å². The van der Waals surface area contributed by atoms with Crippen LogP contribution in [-0.4, -0.2) is 16.5 Å². The number of hydrogen-bond acceptors (Lipinski definition) is 3. The van der Waals surface area contributed by atoms with Gasteiger partial charge in [-0.15, -0.1) is 0 Å². The Labute approximate surface area is 107 Å². The van der Waals surface area contributed by atoms with Crippen molar-refractivity contribution in [3.05, 3.63) is 21.6 Å². The minimum atomic E-state index is -0.226. The second-order valence-electron chi connectivity index (χ2n) is 4.11. The molecule has 0 saturated heterocycles. The molecule has 96 valence electrons. The Kier molecular flexibility index (Phi) is 6.70. The number of H-pyrrole nitrogens is 1. The van der Waals surface area contributed by atoms with Crippen LogP contribution in [0.5, 0.6) is 0 Å². The third-order valence-electron chi connectivity index (χ3n) is 2.53. The number of halogens is 1. The second-order valence-corrected chi connectivity index (χ2v) is 4.50. The number of anilines is 1. The molecule has 0 aliphatic carbocycles. The van der Waals surface area contributed by atoms with E-state index in [-0.39, 0.29) is 10.7 Å². The minimum Gasteiger partial charge on any atom is -0.356 e. The van der Waals surface area contributed by atoms with E-state index in [0.717, 1.165) is 13.0 Å². The van der Waals surface area contributed by atoms with Crippen molar-refractivity contribution in [2.45, 2.75) is 45.4 Å². The van der Waals surface area contributed by atoms with Crippen molar-refractivity contribution in [1.29, 1.82) is 0 Å². The summed E-state index contributed by atoms with van der Waals surface area (Å²) >= 11 is 5.68. The lowest BCUT2D eigenvalue weighted by atomic mass is 10.1. The molecular formula is C12H20ClN3O. The third kappa shape index (κ3) is 6.31. The molecular weight excluding hydrogens is 238 g/mol. The molecule has 5 heteroatoms. The molecule has 2 N–H and O–H groups in total. The number of nitrogens with one attached hydrogen (secondary N) is 2. The molecule has 1 aromatic heterocycles. The largest absolute Gasteiger partial charge is 0.356 e. The van der Waals surface area contributed by atoms with Gasteiger partial charge in [0.25, 0.3) is 5.56 Å². The highest BCUT2D eigenvalue weighted by Crippen LogP contribution is 2.06. The van der Waals surface area contributed by atoms with Crippen LogP contribution in [-0.2, 0) is 0 Å². The van der Waals surface area contributed by atoms with E-state index in [1.807, 2.05) is 0 Å². The zero-order valence-corrected chi connectivity index (χ0v) is 11.0. The van der Waals surface area contributed by atoms with Crippen molar-refractivity contribution in [2.75, 3.05) is 11.9 Å². The van der Waals surface area contributed by atoms with Crippen molar-refractivity contribution < 1.29 is 0 Å². The summed E-state index contributed by atoms with van der Waals surface area (Å²) in [7, 11) is 0. The van der Waals surface area contributed by atoms with Gasteiger partial charge in [-0.2, -0.15) is 0 Å². The molecule has 1 rings (SSSR count). The third-order valence-corrected chi connectivity index (χ3v) is 2.73. The molecule has 0 amide bonds. The maximum Gasteiger partial charge on any atom is 0.253 e. The average molecular weight is 258 g/mol. The van der Waals surface area contributed by atoms with Gasteiger partial charge in [0.05, 0.1) is 0 Å². The van der Waals surface area contributed by atoms with Gasteiger partial charge in [0.15, 0.2) is 0 Å². The molecule has 0 atom stereocenters. The topological polar surface area (TPSA) is 57.8 Å². The normalized spacial score (nSPS) is 10.5. The fourth-order valence-corrected chi connectivity index (χ4v) is 1.81. The molecule has 1 aromatic rings. The fraction of sp³-hybridized carbons (Fsp3) is 0.667. The standard InChI is InChI=1S/C12H20ClN3O/c1-2-3-4-5-6-7-8-14-12-15-10(13)9-11(17)16-12/h9H,2-8H2,1H3,(H2,14,15,16,17). The van der Waals surface area contributed by atoms with E-state index in [0.29, 0.717) is 5.95 Å². The Balaban J connectivity index is 2.16. The SMILES string of the molecule is CCCCCCCCNc1nc(Cl)cc(=O)[nH]1. The van der Waals surface area contributed by atoms with Crippen LogP contribution >= 0.6 is 11.6 Å². The quantitative estimate of drug-likeness (QED) is 0.555. The van der Waals surface area contributed by atoms with Crippen molar-refractivity contribution in [3.63, 3.8) is 0 Å². The predicted octanol–water partition coefficient (Wildman–Crippen LogP) is 3.20. The zero-order valence-electron chi connectivity index (χ0n) is 10.3. The van der Waals surface area contributed by atoms with E-state index < -0.39 is 0 Å². The highest BCUT2D eigenvalue weighted by Gasteiger charge is 1.97. The van der Waals surface area contributed by atoms with Gasteiger partial charge in [-0.05, 0) is 6.42 Å². The summed E-state index contributed by atoms with van der Waals surface area (Å²) in [6.45, 7) is 3.03. The summed E-state index contributed by atoms with van der Waals surface area (Å²) < 4.78 is 0. The van der Waals surface area contributed by atoms with Gasteiger partial charge in [0, 0.05) is 12.6 Å². The lowest BCUT2D eigenvalue weighted by Gasteiger charge is -2.05. The molecule has 0 unspecified atom stereocenters. The molecule has 17 heavy (non-hydrogen) atoms. The number of rotatable bonds is 8. The number of hydrogen-bond donors (Lipinski definition) is 2. The highest BCUT2D eigenvalue weighted by molar-refractivity contribution is 6.29. The first-order valence-corrected chi connectivity index (χ1v) is 6.61. The number of aromatic nitrogens is 2. The van der Waals surface area contributed by atoms with E-state index in [9.17, 15) is 4.79 Å². The monoisotopic (exact) mass is 257 g/mol. The van der Waals surface area contributed by atoms with Crippen LogP contribution in [0, 0.1) is 0 Å². The van der Waals surface area contributed by atoms with Gasteiger partial charge in [0.2, 0.25) is 5.95 Å². The molecule has 0 saturated carbocycles. The predicted molar refractivity (Wildman–Crippen MR) is 71.7 cm³/mol. The summed E-state index contributed by atoms with van der Waals surface area (Å²) in [5.41, 5.74) is -0.226. The molecule has 0 radical (unpaired) electrons. The maximum atomic E-state index is 11.1. The average Bonchev–Trinajstić information content (AvgIpc) is 2.26. The molecule has 1 heterocycles. The van der Waals surface area contributed by atoms with E-state index in [2.05, 4.69) is 22.2 Å². The Hall–Kier alpha value is -1.03. The zero-order chi connectivity index (χ0) is 12.5. The second kappa shape index (κ2) is 8.12. The van der Waals surface area contributed by atoms with Crippen molar-refractivity contribution in [3.8, 4) is 0 Å².